The molecule has 0 atom stereocenters. The SMILES string of the molecule is CCCC(C)(C)C(=O)NS(=O)(=O)c1ccccc1[N+](=O)[O-]. The van der Waals surface area contributed by atoms with Gasteiger partial charge in [-0.15, -0.1) is 0 Å². The van der Waals surface area contributed by atoms with Crippen molar-refractivity contribution >= 4 is 21.6 Å². The molecule has 0 saturated heterocycles. The molecule has 1 aromatic carbocycles. The van der Waals surface area contributed by atoms with Crippen LogP contribution in [-0.4, -0.2) is 19.2 Å². The highest BCUT2D eigenvalue weighted by Crippen LogP contribution is 2.26. The van der Waals surface area contributed by atoms with E-state index in [4.69, 9.17) is 0 Å². The number of hydrogen-bond acceptors (Lipinski definition) is 5. The van der Waals surface area contributed by atoms with Crippen molar-refractivity contribution in [1.82, 2.24) is 4.72 Å². The van der Waals surface area contributed by atoms with E-state index >= 15 is 0 Å². The molecular formula is C13H18N2O5S. The van der Waals surface area contributed by atoms with Gasteiger partial charge in [-0.05, 0) is 12.5 Å². The lowest BCUT2D eigenvalue weighted by Crippen LogP contribution is -2.40. The highest BCUT2D eigenvalue weighted by atomic mass is 32.2. The lowest BCUT2D eigenvalue weighted by atomic mass is 9.87. The third kappa shape index (κ3) is 4.01. The lowest BCUT2D eigenvalue weighted by molar-refractivity contribution is -0.387. The summed E-state index contributed by atoms with van der Waals surface area (Å²) in [5.41, 5.74) is -1.43. The van der Waals surface area contributed by atoms with Gasteiger partial charge in [0.2, 0.25) is 5.91 Å². The molecule has 7 nitrogen and oxygen atoms in total. The van der Waals surface area contributed by atoms with Gasteiger partial charge in [0.15, 0.2) is 4.90 Å². The minimum atomic E-state index is -4.28. The Morgan fingerprint density at radius 2 is 1.90 bits per heavy atom. The molecule has 0 unspecified atom stereocenters. The van der Waals surface area contributed by atoms with Gasteiger partial charge in [0.05, 0.1) is 4.92 Å². The summed E-state index contributed by atoms with van der Waals surface area (Å²) in [6, 6.07) is 4.90. The fraction of sp³-hybridized carbons (Fsp3) is 0.462. The van der Waals surface area contributed by atoms with Gasteiger partial charge < -0.3 is 0 Å². The van der Waals surface area contributed by atoms with E-state index in [2.05, 4.69) is 0 Å². The number of hydrogen-bond donors (Lipinski definition) is 1. The van der Waals surface area contributed by atoms with E-state index in [0.29, 0.717) is 12.8 Å². The average Bonchev–Trinajstić information content (AvgIpc) is 2.38. The molecule has 1 rings (SSSR count). The van der Waals surface area contributed by atoms with Gasteiger partial charge in [0.25, 0.3) is 15.7 Å². The highest BCUT2D eigenvalue weighted by molar-refractivity contribution is 7.90. The highest BCUT2D eigenvalue weighted by Gasteiger charge is 2.33. The predicted molar refractivity (Wildman–Crippen MR) is 77.1 cm³/mol. The summed E-state index contributed by atoms with van der Waals surface area (Å²) in [5, 5.41) is 10.9. The number of nitro groups is 1. The first-order valence-corrected chi connectivity index (χ1v) is 7.91. The fourth-order valence-corrected chi connectivity index (χ4v) is 3.19. The molecule has 0 bridgehead atoms. The Balaban J connectivity index is 3.14. The smallest absolute Gasteiger partial charge is 0.273 e. The number of sulfonamides is 1. The summed E-state index contributed by atoms with van der Waals surface area (Å²) in [6.45, 7) is 5.13. The topological polar surface area (TPSA) is 106 Å². The second-order valence-electron chi connectivity index (χ2n) is 5.29. The van der Waals surface area contributed by atoms with Crippen molar-refractivity contribution < 1.29 is 18.1 Å². The zero-order valence-corrected chi connectivity index (χ0v) is 12.9. The van der Waals surface area contributed by atoms with Crippen LogP contribution in [-0.2, 0) is 14.8 Å². The average molecular weight is 314 g/mol. The van der Waals surface area contributed by atoms with Crippen molar-refractivity contribution in [1.29, 1.82) is 0 Å². The maximum absolute atomic E-state index is 12.2. The van der Waals surface area contributed by atoms with Crippen LogP contribution in [0.2, 0.25) is 0 Å². The summed E-state index contributed by atoms with van der Waals surface area (Å²) < 4.78 is 26.3. The van der Waals surface area contributed by atoms with Crippen LogP contribution in [0.4, 0.5) is 5.69 Å². The number of para-hydroxylation sites is 1. The Labute approximate surface area is 123 Å². The molecule has 1 amide bonds. The number of benzene rings is 1. The van der Waals surface area contributed by atoms with Crippen LogP contribution in [0.5, 0.6) is 0 Å². The Morgan fingerprint density at radius 1 is 1.33 bits per heavy atom. The third-order valence-corrected chi connectivity index (χ3v) is 4.45. The van der Waals surface area contributed by atoms with Crippen LogP contribution in [0.25, 0.3) is 0 Å². The number of rotatable bonds is 6. The van der Waals surface area contributed by atoms with Gasteiger partial charge in [-0.3, -0.25) is 14.9 Å². The second-order valence-corrected chi connectivity index (χ2v) is 6.94. The molecule has 8 heteroatoms. The predicted octanol–water partition coefficient (Wildman–Crippen LogP) is 2.23. The Hall–Kier alpha value is -1.96. The van der Waals surface area contributed by atoms with Gasteiger partial charge in [-0.25, -0.2) is 13.1 Å². The van der Waals surface area contributed by atoms with Crippen LogP contribution in [0.15, 0.2) is 29.2 Å². The van der Waals surface area contributed by atoms with Crippen molar-refractivity contribution in [3.05, 3.63) is 34.4 Å². The first-order valence-electron chi connectivity index (χ1n) is 6.42. The minimum absolute atomic E-state index is 0.505. The van der Waals surface area contributed by atoms with Crippen molar-refractivity contribution in [3.63, 3.8) is 0 Å². The van der Waals surface area contributed by atoms with Gasteiger partial charge in [0, 0.05) is 11.5 Å². The number of carbonyl (C=O) groups excluding carboxylic acids is 1. The molecule has 0 aliphatic heterocycles. The van der Waals surface area contributed by atoms with Crippen LogP contribution in [0, 0.1) is 15.5 Å². The van der Waals surface area contributed by atoms with Crippen molar-refractivity contribution in [2.24, 2.45) is 5.41 Å². The van der Waals surface area contributed by atoms with E-state index in [1.807, 2.05) is 11.6 Å². The van der Waals surface area contributed by atoms with Crippen molar-refractivity contribution in [3.8, 4) is 0 Å². The summed E-state index contributed by atoms with van der Waals surface area (Å²) in [4.78, 5) is 21.6. The lowest BCUT2D eigenvalue weighted by Gasteiger charge is -2.22. The first kappa shape index (κ1) is 17.1. The normalized spacial score (nSPS) is 12.0. The Bertz CT molecular complexity index is 652. The van der Waals surface area contributed by atoms with Gasteiger partial charge in [-0.1, -0.05) is 39.3 Å². The third-order valence-electron chi connectivity index (χ3n) is 3.07. The molecule has 0 aliphatic carbocycles. The summed E-state index contributed by atoms with van der Waals surface area (Å²) in [6.07, 6.45) is 1.22. The molecule has 0 fully saturated rings. The number of nitrogens with one attached hydrogen (secondary N) is 1. The van der Waals surface area contributed by atoms with E-state index in [9.17, 15) is 23.3 Å². The molecule has 116 valence electrons. The maximum atomic E-state index is 12.2. The molecular weight excluding hydrogens is 296 g/mol. The quantitative estimate of drug-likeness (QED) is 0.640. The fourth-order valence-electron chi connectivity index (χ4n) is 1.89. The Morgan fingerprint density at radius 3 is 2.43 bits per heavy atom. The van der Waals surface area contributed by atoms with Gasteiger partial charge in [-0.2, -0.15) is 0 Å². The summed E-state index contributed by atoms with van der Waals surface area (Å²) in [7, 11) is -4.28. The zero-order chi connectivity index (χ0) is 16.3. The van der Waals surface area contributed by atoms with Crippen molar-refractivity contribution in [2.45, 2.75) is 38.5 Å². The molecule has 0 aliphatic rings. The standard InChI is InChI=1S/C13H18N2O5S/c1-4-9-13(2,3)12(16)14-21(19,20)11-8-6-5-7-10(11)15(17)18/h5-8H,4,9H2,1-3H3,(H,14,16). The zero-order valence-electron chi connectivity index (χ0n) is 12.1. The van der Waals surface area contributed by atoms with Crippen LogP contribution >= 0.6 is 0 Å². The van der Waals surface area contributed by atoms with E-state index in [1.165, 1.54) is 12.1 Å². The van der Waals surface area contributed by atoms with E-state index in [1.54, 1.807) is 13.8 Å². The molecule has 21 heavy (non-hydrogen) atoms. The molecule has 0 aromatic heterocycles. The summed E-state index contributed by atoms with van der Waals surface area (Å²) >= 11 is 0. The van der Waals surface area contributed by atoms with E-state index < -0.39 is 36.9 Å². The minimum Gasteiger partial charge on any atom is -0.273 e. The van der Waals surface area contributed by atoms with Crippen LogP contribution in [0.3, 0.4) is 0 Å². The molecule has 0 heterocycles. The van der Waals surface area contributed by atoms with Crippen LogP contribution in [0.1, 0.15) is 33.6 Å². The molecule has 0 spiro atoms. The second kappa shape index (κ2) is 6.21. The molecule has 1 N–H and O–H groups in total. The summed E-state index contributed by atoms with van der Waals surface area (Å²) in [5.74, 6) is -0.678. The maximum Gasteiger partial charge on any atom is 0.289 e. The largest absolute Gasteiger partial charge is 0.289 e. The Kier molecular flexibility index (Phi) is 5.06. The van der Waals surface area contributed by atoms with E-state index in [0.717, 1.165) is 12.1 Å². The number of nitrogens with zero attached hydrogens (tertiary/aromatic N) is 1. The first-order chi connectivity index (χ1) is 9.62. The van der Waals surface area contributed by atoms with Gasteiger partial charge >= 0.3 is 0 Å². The molecule has 1 aromatic rings. The van der Waals surface area contributed by atoms with E-state index in [-0.39, 0.29) is 0 Å². The molecule has 0 radical (unpaired) electrons. The monoisotopic (exact) mass is 314 g/mol. The molecule has 0 saturated carbocycles. The van der Waals surface area contributed by atoms with Gasteiger partial charge in [0.1, 0.15) is 0 Å². The number of carbonyl (C=O) groups is 1. The van der Waals surface area contributed by atoms with Crippen molar-refractivity contribution in [2.75, 3.05) is 0 Å². The number of amides is 1. The van der Waals surface area contributed by atoms with Crippen LogP contribution < -0.4 is 4.72 Å². The number of nitro benzene ring substituents is 1.